The Hall–Kier alpha value is -2.01. The van der Waals surface area contributed by atoms with E-state index in [0.717, 1.165) is 23.0 Å². The summed E-state index contributed by atoms with van der Waals surface area (Å²) in [6.45, 7) is 1.95. The number of benzene rings is 1. The van der Waals surface area contributed by atoms with Gasteiger partial charge in [-0.3, -0.25) is 5.41 Å². The number of aryl methyl sites for hydroxylation is 1. The average Bonchev–Trinajstić information content (AvgIpc) is 2.89. The quantitative estimate of drug-likeness (QED) is 0.652. The second-order valence-electron chi connectivity index (χ2n) is 4.29. The highest BCUT2D eigenvalue weighted by Crippen LogP contribution is 2.17. The molecular formula is C15H17N3OS. The van der Waals surface area contributed by atoms with Crippen molar-refractivity contribution in [2.24, 2.45) is 0 Å². The van der Waals surface area contributed by atoms with Crippen molar-refractivity contribution in [3.63, 3.8) is 0 Å². The number of aromatic amines is 1. The van der Waals surface area contributed by atoms with Crippen molar-refractivity contribution in [3.05, 3.63) is 53.6 Å². The Morgan fingerprint density at radius 1 is 1.40 bits per heavy atom. The number of H-pyrrole nitrogens is 1. The molecule has 5 heteroatoms. The molecule has 20 heavy (non-hydrogen) atoms. The summed E-state index contributed by atoms with van der Waals surface area (Å²) in [6, 6.07) is 7.89. The average molecular weight is 287 g/mol. The first-order valence-corrected chi connectivity index (χ1v) is 7.20. The molecule has 0 spiro atoms. The van der Waals surface area contributed by atoms with Crippen LogP contribution in [0.15, 0.2) is 36.5 Å². The Morgan fingerprint density at radius 2 is 2.15 bits per heavy atom. The van der Waals surface area contributed by atoms with E-state index in [0.29, 0.717) is 5.04 Å². The molecule has 2 aromatic rings. The van der Waals surface area contributed by atoms with Gasteiger partial charge in [0.05, 0.1) is 12.2 Å². The van der Waals surface area contributed by atoms with Crippen molar-refractivity contribution in [1.82, 2.24) is 9.97 Å². The van der Waals surface area contributed by atoms with Gasteiger partial charge < -0.3 is 9.72 Å². The van der Waals surface area contributed by atoms with Gasteiger partial charge in [0.1, 0.15) is 11.6 Å². The van der Waals surface area contributed by atoms with E-state index in [2.05, 4.69) is 9.97 Å². The highest BCUT2D eigenvalue weighted by molar-refractivity contribution is 8.13. The fraction of sp³-hybridized carbons (Fsp3) is 0.200. The van der Waals surface area contributed by atoms with E-state index in [1.807, 2.05) is 37.3 Å². The maximum atomic E-state index is 7.88. The van der Waals surface area contributed by atoms with Crippen molar-refractivity contribution in [2.75, 3.05) is 7.11 Å². The summed E-state index contributed by atoms with van der Waals surface area (Å²) >= 11 is 1.48. The van der Waals surface area contributed by atoms with E-state index in [-0.39, 0.29) is 0 Å². The van der Waals surface area contributed by atoms with Gasteiger partial charge in [0, 0.05) is 17.6 Å². The first kappa shape index (κ1) is 14.4. The first-order chi connectivity index (χ1) is 9.67. The molecule has 0 aliphatic carbocycles. The zero-order valence-electron chi connectivity index (χ0n) is 11.5. The Kier molecular flexibility index (Phi) is 5.01. The fourth-order valence-corrected chi connectivity index (χ4v) is 2.28. The molecule has 0 bridgehead atoms. The third-order valence-corrected chi connectivity index (χ3v) is 3.59. The lowest BCUT2D eigenvalue weighted by Crippen LogP contribution is -1.88. The van der Waals surface area contributed by atoms with E-state index in [9.17, 15) is 0 Å². The normalized spacial score (nSPS) is 10.9. The minimum Gasteiger partial charge on any atom is -0.497 e. The molecular weight excluding hydrogens is 270 g/mol. The molecule has 1 aromatic heterocycles. The topological polar surface area (TPSA) is 61.8 Å². The van der Waals surface area contributed by atoms with Crippen molar-refractivity contribution in [3.8, 4) is 5.75 Å². The number of hydrogen-bond donors (Lipinski definition) is 2. The van der Waals surface area contributed by atoms with E-state index < -0.39 is 0 Å². The molecule has 0 radical (unpaired) electrons. The van der Waals surface area contributed by atoms with Crippen LogP contribution in [0.25, 0.3) is 6.08 Å². The summed E-state index contributed by atoms with van der Waals surface area (Å²) in [7, 11) is 1.65. The highest BCUT2D eigenvalue weighted by atomic mass is 32.2. The summed E-state index contributed by atoms with van der Waals surface area (Å²) in [6.07, 6.45) is 5.34. The van der Waals surface area contributed by atoms with Crippen molar-refractivity contribution >= 4 is 22.9 Å². The van der Waals surface area contributed by atoms with Gasteiger partial charge in [0.25, 0.3) is 0 Å². The lowest BCUT2D eigenvalue weighted by atomic mass is 10.2. The first-order valence-electron chi connectivity index (χ1n) is 6.21. The van der Waals surface area contributed by atoms with Gasteiger partial charge in [-0.2, -0.15) is 0 Å². The third-order valence-electron chi connectivity index (χ3n) is 2.67. The molecule has 1 aromatic carbocycles. The van der Waals surface area contributed by atoms with Crippen LogP contribution in [-0.2, 0) is 5.75 Å². The molecule has 0 fully saturated rings. The van der Waals surface area contributed by atoms with E-state index in [4.69, 9.17) is 10.1 Å². The summed E-state index contributed by atoms with van der Waals surface area (Å²) in [4.78, 5) is 7.26. The molecule has 0 saturated heterocycles. The van der Waals surface area contributed by atoms with Crippen LogP contribution in [0.3, 0.4) is 0 Å². The molecule has 0 amide bonds. The highest BCUT2D eigenvalue weighted by Gasteiger charge is 1.98. The predicted molar refractivity (Wildman–Crippen MR) is 84.4 cm³/mol. The van der Waals surface area contributed by atoms with Gasteiger partial charge in [-0.1, -0.05) is 12.1 Å². The van der Waals surface area contributed by atoms with Crippen LogP contribution in [-0.4, -0.2) is 22.1 Å². The number of nitrogens with one attached hydrogen (secondary N) is 2. The predicted octanol–water partition coefficient (Wildman–Crippen LogP) is 3.65. The second kappa shape index (κ2) is 6.96. The standard InChI is InChI=1S/C15H17N3OS/c1-11-9-17-15(18-11)8-7-14(16)20-10-12-3-5-13(19-2)6-4-12/h3-9,16H,10H2,1-2H3,(H,17,18)/b8-7-,16-14?. The number of imidazole rings is 1. The second-order valence-corrected chi connectivity index (χ2v) is 5.30. The monoisotopic (exact) mass is 287 g/mol. The van der Waals surface area contributed by atoms with Crippen LogP contribution in [0.4, 0.5) is 0 Å². The molecule has 0 saturated carbocycles. The maximum Gasteiger partial charge on any atom is 0.130 e. The Balaban J connectivity index is 1.83. The number of nitrogens with zero attached hydrogens (tertiary/aromatic N) is 1. The lowest BCUT2D eigenvalue weighted by Gasteiger charge is -2.02. The van der Waals surface area contributed by atoms with Gasteiger partial charge >= 0.3 is 0 Å². The SMILES string of the molecule is COc1ccc(CSC(=N)/C=C\c2ncc(C)[nH]2)cc1. The third kappa shape index (κ3) is 4.28. The van der Waals surface area contributed by atoms with Crippen molar-refractivity contribution in [1.29, 1.82) is 5.41 Å². The van der Waals surface area contributed by atoms with Crippen molar-refractivity contribution < 1.29 is 4.74 Å². The zero-order chi connectivity index (χ0) is 14.4. The number of rotatable bonds is 5. The Bertz CT molecular complexity index is 602. The van der Waals surface area contributed by atoms with Gasteiger partial charge in [0.15, 0.2) is 0 Å². The number of methoxy groups -OCH3 is 1. The van der Waals surface area contributed by atoms with Crippen LogP contribution in [0, 0.1) is 12.3 Å². The van der Waals surface area contributed by atoms with E-state index >= 15 is 0 Å². The molecule has 4 nitrogen and oxygen atoms in total. The van der Waals surface area contributed by atoms with Crippen LogP contribution in [0.2, 0.25) is 0 Å². The Morgan fingerprint density at radius 3 is 2.75 bits per heavy atom. The van der Waals surface area contributed by atoms with Gasteiger partial charge in [-0.05, 0) is 36.8 Å². The minimum atomic E-state index is 0.509. The molecule has 104 valence electrons. The van der Waals surface area contributed by atoms with E-state index in [1.54, 1.807) is 19.4 Å². The smallest absolute Gasteiger partial charge is 0.130 e. The maximum absolute atomic E-state index is 7.88. The van der Waals surface area contributed by atoms with Crippen molar-refractivity contribution in [2.45, 2.75) is 12.7 Å². The molecule has 2 rings (SSSR count). The molecule has 0 aliphatic heterocycles. The number of ether oxygens (including phenoxy) is 1. The summed E-state index contributed by atoms with van der Waals surface area (Å²) < 4.78 is 5.11. The van der Waals surface area contributed by atoms with Crippen LogP contribution in [0.5, 0.6) is 5.75 Å². The van der Waals surface area contributed by atoms with Crippen LogP contribution in [0.1, 0.15) is 17.1 Å². The van der Waals surface area contributed by atoms with Gasteiger partial charge in [-0.15, -0.1) is 11.8 Å². The van der Waals surface area contributed by atoms with Gasteiger partial charge in [0.2, 0.25) is 0 Å². The number of hydrogen-bond acceptors (Lipinski definition) is 4. The number of aromatic nitrogens is 2. The molecule has 0 atom stereocenters. The van der Waals surface area contributed by atoms with E-state index in [1.165, 1.54) is 17.3 Å². The number of thioether (sulfide) groups is 1. The molecule has 0 aliphatic rings. The largest absolute Gasteiger partial charge is 0.497 e. The Labute approximate surface area is 122 Å². The summed E-state index contributed by atoms with van der Waals surface area (Å²) in [5.74, 6) is 2.39. The molecule has 1 heterocycles. The lowest BCUT2D eigenvalue weighted by molar-refractivity contribution is 0.414. The molecule has 0 unspecified atom stereocenters. The van der Waals surface area contributed by atoms with Crippen LogP contribution >= 0.6 is 11.8 Å². The summed E-state index contributed by atoms with van der Waals surface area (Å²) in [5.41, 5.74) is 2.19. The van der Waals surface area contributed by atoms with Crippen LogP contribution < -0.4 is 4.74 Å². The molecule has 2 N–H and O–H groups in total. The zero-order valence-corrected chi connectivity index (χ0v) is 12.3. The summed E-state index contributed by atoms with van der Waals surface area (Å²) in [5, 5.41) is 8.39. The van der Waals surface area contributed by atoms with Gasteiger partial charge in [-0.25, -0.2) is 4.98 Å². The minimum absolute atomic E-state index is 0.509. The fourth-order valence-electron chi connectivity index (χ4n) is 1.60.